The molecule has 0 aromatic heterocycles. The van der Waals surface area contributed by atoms with Gasteiger partial charge in [-0.25, -0.2) is 14.4 Å². The van der Waals surface area contributed by atoms with Crippen LogP contribution in [0.15, 0.2) is 30.3 Å². The average Bonchev–Trinajstić information content (AvgIpc) is 3.71. The van der Waals surface area contributed by atoms with Crippen molar-refractivity contribution in [2.75, 3.05) is 61.1 Å². The molecular weight excluding hydrogens is 773 g/mol. The molecule has 0 saturated carbocycles. The average molecular weight is 845 g/mol. The summed E-state index contributed by atoms with van der Waals surface area (Å²) in [5.41, 5.74) is 0.235. The van der Waals surface area contributed by atoms with Crippen LogP contribution in [0.1, 0.15) is 86.6 Å². The zero-order valence-electron chi connectivity index (χ0n) is 38.0. The number of ether oxygens (including phenoxy) is 4. The monoisotopic (exact) mass is 845 g/mol. The SMILES string of the molecule is CC[C@H](C)[C@@H]([C@@H](CC(=O)N1CCC[C@H]1[C@H](OC)[C@@H](C)C(=O)N[C@@H](Cc1ccccc1)C(=O)OC)OC)N(C)C(=O)[C@@H](NC(=O)N1CCN(C(=O)OC(C)(C)C)CC1)C(C)C. The first-order valence-corrected chi connectivity index (χ1v) is 21.3. The van der Waals surface area contributed by atoms with Gasteiger partial charge in [-0.1, -0.05) is 71.4 Å². The molecule has 3 rings (SSSR count). The van der Waals surface area contributed by atoms with Crippen LogP contribution in [-0.2, 0) is 44.5 Å². The summed E-state index contributed by atoms with van der Waals surface area (Å²) < 4.78 is 22.4. The van der Waals surface area contributed by atoms with Gasteiger partial charge in [0.05, 0.1) is 43.7 Å². The number of likely N-dealkylation sites (tertiary alicyclic amines) is 1. The molecule has 2 heterocycles. The minimum absolute atomic E-state index is 0.0290. The Bertz CT molecular complexity index is 1580. The van der Waals surface area contributed by atoms with Crippen molar-refractivity contribution < 1.29 is 47.7 Å². The molecule has 2 saturated heterocycles. The molecule has 1 aromatic rings. The first-order chi connectivity index (χ1) is 28.3. The molecule has 2 fully saturated rings. The highest BCUT2D eigenvalue weighted by atomic mass is 16.6. The van der Waals surface area contributed by atoms with Crippen LogP contribution in [0.25, 0.3) is 0 Å². The fraction of sp³-hybridized carbons (Fsp3) is 0.727. The van der Waals surface area contributed by atoms with Gasteiger partial charge in [0, 0.05) is 60.4 Å². The molecule has 0 bridgehead atoms. The van der Waals surface area contributed by atoms with E-state index in [0.29, 0.717) is 38.9 Å². The lowest BCUT2D eigenvalue weighted by molar-refractivity contribution is -0.148. The highest BCUT2D eigenvalue weighted by molar-refractivity contribution is 5.88. The minimum Gasteiger partial charge on any atom is -0.467 e. The quantitative estimate of drug-likeness (QED) is 0.205. The second-order valence-electron chi connectivity index (χ2n) is 17.5. The molecule has 0 unspecified atom stereocenters. The second-order valence-corrected chi connectivity index (χ2v) is 17.5. The number of likely N-dealkylation sites (N-methyl/N-ethyl adjacent to an activating group) is 1. The first-order valence-electron chi connectivity index (χ1n) is 21.3. The van der Waals surface area contributed by atoms with Crippen molar-refractivity contribution in [2.24, 2.45) is 17.8 Å². The van der Waals surface area contributed by atoms with Gasteiger partial charge < -0.3 is 49.2 Å². The summed E-state index contributed by atoms with van der Waals surface area (Å²) in [4.78, 5) is 87.7. The van der Waals surface area contributed by atoms with Gasteiger partial charge >= 0.3 is 18.1 Å². The highest BCUT2D eigenvalue weighted by Gasteiger charge is 2.43. The van der Waals surface area contributed by atoms with Gasteiger partial charge in [0.15, 0.2) is 0 Å². The van der Waals surface area contributed by atoms with Gasteiger partial charge in [0.1, 0.15) is 17.7 Å². The normalized spacial score (nSPS) is 19.4. The molecule has 0 aliphatic carbocycles. The Labute approximate surface area is 357 Å². The van der Waals surface area contributed by atoms with E-state index in [9.17, 15) is 28.8 Å². The van der Waals surface area contributed by atoms with Crippen molar-refractivity contribution in [1.82, 2.24) is 30.2 Å². The number of nitrogens with one attached hydrogen (secondary N) is 2. The molecular formula is C44H72N6O10. The molecule has 338 valence electrons. The van der Waals surface area contributed by atoms with Crippen LogP contribution in [0.3, 0.4) is 0 Å². The fourth-order valence-corrected chi connectivity index (χ4v) is 8.17. The van der Waals surface area contributed by atoms with Crippen molar-refractivity contribution in [1.29, 1.82) is 0 Å². The molecule has 2 aliphatic heterocycles. The van der Waals surface area contributed by atoms with E-state index in [1.165, 1.54) is 21.3 Å². The maximum atomic E-state index is 14.3. The number of amides is 6. The number of rotatable bonds is 18. The number of methoxy groups -OCH3 is 3. The molecule has 2 aliphatic rings. The molecule has 16 nitrogen and oxygen atoms in total. The number of urea groups is 1. The molecule has 16 heteroatoms. The van der Waals surface area contributed by atoms with Crippen LogP contribution in [0.4, 0.5) is 9.59 Å². The van der Waals surface area contributed by atoms with E-state index in [0.717, 1.165) is 5.56 Å². The van der Waals surface area contributed by atoms with E-state index >= 15 is 0 Å². The zero-order chi connectivity index (χ0) is 44.9. The summed E-state index contributed by atoms with van der Waals surface area (Å²) in [7, 11) is 6.02. The van der Waals surface area contributed by atoms with Gasteiger partial charge in [-0.2, -0.15) is 0 Å². The molecule has 1 aromatic carbocycles. The predicted molar refractivity (Wildman–Crippen MR) is 227 cm³/mol. The topological polar surface area (TPSA) is 176 Å². The van der Waals surface area contributed by atoms with E-state index in [4.69, 9.17) is 18.9 Å². The predicted octanol–water partition coefficient (Wildman–Crippen LogP) is 4.09. The third-order valence-electron chi connectivity index (χ3n) is 11.8. The first kappa shape index (κ1) is 49.9. The third kappa shape index (κ3) is 13.5. The lowest BCUT2D eigenvalue weighted by Crippen LogP contribution is -2.60. The molecule has 0 radical (unpaired) electrons. The minimum atomic E-state index is -0.907. The van der Waals surface area contributed by atoms with Crippen LogP contribution in [0, 0.1) is 17.8 Å². The fourth-order valence-electron chi connectivity index (χ4n) is 8.17. The summed E-state index contributed by atoms with van der Waals surface area (Å²) in [5, 5.41) is 5.81. The summed E-state index contributed by atoms with van der Waals surface area (Å²) in [5.74, 6) is -2.51. The molecule has 8 atom stereocenters. The lowest BCUT2D eigenvalue weighted by Gasteiger charge is -2.41. The van der Waals surface area contributed by atoms with Crippen LogP contribution >= 0.6 is 0 Å². The number of nitrogens with zero attached hydrogens (tertiary/aromatic N) is 4. The number of esters is 1. The summed E-state index contributed by atoms with van der Waals surface area (Å²) in [6.45, 7) is 16.6. The number of hydrogen-bond donors (Lipinski definition) is 2. The van der Waals surface area contributed by atoms with Gasteiger partial charge in [0.2, 0.25) is 17.7 Å². The van der Waals surface area contributed by atoms with Crippen molar-refractivity contribution in [2.45, 2.75) is 129 Å². The van der Waals surface area contributed by atoms with Gasteiger partial charge in [-0.15, -0.1) is 0 Å². The Kier molecular flexibility index (Phi) is 19.1. The van der Waals surface area contributed by atoms with E-state index in [1.54, 1.807) is 54.3 Å². The van der Waals surface area contributed by atoms with Crippen molar-refractivity contribution in [3.05, 3.63) is 35.9 Å². The van der Waals surface area contributed by atoms with Crippen molar-refractivity contribution >= 4 is 35.8 Å². The zero-order valence-corrected chi connectivity index (χ0v) is 38.0. The maximum Gasteiger partial charge on any atom is 0.410 e. The largest absolute Gasteiger partial charge is 0.467 e. The Morgan fingerprint density at radius 2 is 1.48 bits per heavy atom. The molecule has 60 heavy (non-hydrogen) atoms. The van der Waals surface area contributed by atoms with E-state index in [2.05, 4.69) is 10.6 Å². The number of carbonyl (C=O) groups is 6. The highest BCUT2D eigenvalue weighted by Crippen LogP contribution is 2.30. The third-order valence-corrected chi connectivity index (χ3v) is 11.8. The van der Waals surface area contributed by atoms with Crippen LogP contribution in [0.2, 0.25) is 0 Å². The number of benzene rings is 1. The van der Waals surface area contributed by atoms with Crippen LogP contribution < -0.4 is 10.6 Å². The maximum absolute atomic E-state index is 14.3. The van der Waals surface area contributed by atoms with Crippen LogP contribution in [-0.4, -0.2) is 158 Å². The number of piperazine rings is 1. The Balaban J connectivity index is 1.72. The van der Waals surface area contributed by atoms with E-state index in [1.807, 2.05) is 58.0 Å². The van der Waals surface area contributed by atoms with E-state index in [-0.39, 0.29) is 49.6 Å². The van der Waals surface area contributed by atoms with Gasteiger partial charge in [-0.3, -0.25) is 14.4 Å². The Hall–Kier alpha value is -4.44. The van der Waals surface area contributed by atoms with Crippen molar-refractivity contribution in [3.63, 3.8) is 0 Å². The standard InChI is InChI=1S/C44H72N6O10/c1-13-29(4)37(47(9)40(53)36(28(2)3)46-42(55)48-22-24-49(25-23-48)43(56)60-44(6,7)8)34(57-10)27-35(51)50-21-17-20-33(50)38(58-11)30(5)39(52)45-32(41(54)59-12)26-31-18-15-14-16-19-31/h14-16,18-19,28-30,32-34,36-38H,13,17,20-27H2,1-12H3,(H,45,52)(H,46,55)/t29-,30+,32-,33-,34+,36-,37-,38+/m0/s1. The lowest BCUT2D eigenvalue weighted by atomic mass is 9.89. The van der Waals surface area contributed by atoms with E-state index < -0.39 is 71.9 Å². The molecule has 2 N–H and O–H groups in total. The summed E-state index contributed by atoms with van der Waals surface area (Å²) in [6, 6.07) is 6.24. The Morgan fingerprint density at radius 3 is 2.02 bits per heavy atom. The van der Waals surface area contributed by atoms with Gasteiger partial charge in [-0.05, 0) is 51.0 Å². The smallest absolute Gasteiger partial charge is 0.410 e. The summed E-state index contributed by atoms with van der Waals surface area (Å²) >= 11 is 0. The Morgan fingerprint density at radius 1 is 0.867 bits per heavy atom. The number of hydrogen-bond acceptors (Lipinski definition) is 10. The molecule has 6 amide bonds. The number of carbonyl (C=O) groups excluding carboxylic acids is 6. The second kappa shape index (κ2) is 23.0. The summed E-state index contributed by atoms with van der Waals surface area (Å²) in [6.07, 6.45) is 0.456. The van der Waals surface area contributed by atoms with Gasteiger partial charge in [0.25, 0.3) is 0 Å². The molecule has 0 spiro atoms. The van der Waals surface area contributed by atoms with Crippen molar-refractivity contribution in [3.8, 4) is 0 Å². The van der Waals surface area contributed by atoms with Crippen LogP contribution in [0.5, 0.6) is 0 Å².